The van der Waals surface area contributed by atoms with Crippen molar-refractivity contribution in [2.24, 2.45) is 5.92 Å². The first-order chi connectivity index (χ1) is 23.4. The van der Waals surface area contributed by atoms with E-state index in [-0.39, 0.29) is 0 Å². The number of carboxylic acid groups (broad SMARTS) is 1. The molecule has 0 spiro atoms. The Hall–Kier alpha value is -3.68. The van der Waals surface area contributed by atoms with Crippen LogP contribution in [0.1, 0.15) is 89.9 Å². The van der Waals surface area contributed by atoms with Crippen molar-refractivity contribution in [1.82, 2.24) is 14.5 Å². The monoisotopic (exact) mass is 660 g/mol. The minimum absolute atomic E-state index is 0.367. The summed E-state index contributed by atoms with van der Waals surface area (Å²) in [6, 6.07) is 17.3. The minimum atomic E-state index is -0.861. The third-order valence-electron chi connectivity index (χ3n) is 11.5. The number of aromatic carboxylic acids is 1. The number of pyridine rings is 1. The molecule has 3 aromatic heterocycles. The summed E-state index contributed by atoms with van der Waals surface area (Å²) in [5.41, 5.74) is 10.1. The van der Waals surface area contributed by atoms with Crippen molar-refractivity contribution in [3.8, 4) is 22.5 Å². The molecule has 0 radical (unpaired) electrons. The van der Waals surface area contributed by atoms with Crippen LogP contribution in [0.4, 0.5) is 5.69 Å². The molecule has 1 N–H and O–H groups in total. The molecule has 250 valence electrons. The zero-order valence-corrected chi connectivity index (χ0v) is 29.5. The van der Waals surface area contributed by atoms with Gasteiger partial charge in [0, 0.05) is 63.3 Å². The molecule has 6 nitrogen and oxygen atoms in total. The third-order valence-corrected chi connectivity index (χ3v) is 12.5. The lowest BCUT2D eigenvalue weighted by Crippen LogP contribution is -2.37. The van der Waals surface area contributed by atoms with E-state index in [1.807, 2.05) is 23.5 Å². The van der Waals surface area contributed by atoms with Gasteiger partial charge in [0.2, 0.25) is 0 Å². The smallest absolute Gasteiger partial charge is 0.335 e. The Balaban J connectivity index is 1.31. The fourth-order valence-corrected chi connectivity index (χ4v) is 10.1. The summed E-state index contributed by atoms with van der Waals surface area (Å²) < 4.78 is 2.48. The van der Waals surface area contributed by atoms with Crippen LogP contribution >= 0.6 is 11.3 Å². The lowest BCUT2D eigenvalue weighted by Gasteiger charge is -2.34. The molecule has 5 aromatic rings. The van der Waals surface area contributed by atoms with Crippen molar-refractivity contribution >= 4 is 44.8 Å². The Morgan fingerprint density at radius 3 is 2.52 bits per heavy atom. The maximum absolute atomic E-state index is 12.2. The number of nitrogens with zero attached hydrogens (tertiary/aromatic N) is 4. The third kappa shape index (κ3) is 5.63. The minimum Gasteiger partial charge on any atom is -0.478 e. The van der Waals surface area contributed by atoms with E-state index in [0.717, 1.165) is 42.9 Å². The molecule has 1 atom stereocenters. The van der Waals surface area contributed by atoms with Gasteiger partial charge in [-0.1, -0.05) is 32.3 Å². The highest BCUT2D eigenvalue weighted by atomic mass is 32.1. The average Bonchev–Trinajstić information content (AvgIpc) is 3.57. The van der Waals surface area contributed by atoms with Gasteiger partial charge in [-0.3, -0.25) is 0 Å². The fraction of sp³-hybridized carbons (Fsp3) is 0.463. The van der Waals surface area contributed by atoms with Crippen LogP contribution in [0.25, 0.3) is 44.3 Å². The summed E-state index contributed by atoms with van der Waals surface area (Å²) >= 11 is 1.84. The normalized spacial score (nSPS) is 19.1. The second kappa shape index (κ2) is 13.0. The molecular formula is C41H48N4O2S. The van der Waals surface area contributed by atoms with E-state index in [1.54, 1.807) is 0 Å². The molecule has 1 unspecified atom stereocenters. The second-order valence-corrected chi connectivity index (χ2v) is 16.0. The summed E-state index contributed by atoms with van der Waals surface area (Å²) in [5, 5.41) is 12.5. The fourth-order valence-electron chi connectivity index (χ4n) is 9.16. The van der Waals surface area contributed by atoms with E-state index < -0.39 is 5.97 Å². The lowest BCUT2D eigenvalue weighted by atomic mass is 9.81. The molecule has 2 aliphatic heterocycles. The number of aromatic nitrogens is 2. The molecule has 1 saturated carbocycles. The molecule has 7 heteroatoms. The Labute approximate surface area is 288 Å². The van der Waals surface area contributed by atoms with Crippen LogP contribution in [0, 0.1) is 19.8 Å². The summed E-state index contributed by atoms with van der Waals surface area (Å²) in [4.78, 5) is 25.4. The van der Waals surface area contributed by atoms with E-state index in [9.17, 15) is 9.90 Å². The predicted octanol–water partition coefficient (Wildman–Crippen LogP) is 9.89. The molecular weight excluding hydrogens is 613 g/mol. The maximum atomic E-state index is 12.2. The van der Waals surface area contributed by atoms with Gasteiger partial charge >= 0.3 is 5.97 Å². The number of carboxylic acids is 1. The van der Waals surface area contributed by atoms with Crippen molar-refractivity contribution in [1.29, 1.82) is 0 Å². The number of hydrogen-bond donors (Lipinski definition) is 1. The summed E-state index contributed by atoms with van der Waals surface area (Å²) in [5.74, 6) is 0.335. The zero-order chi connectivity index (χ0) is 32.9. The predicted molar refractivity (Wildman–Crippen MR) is 200 cm³/mol. The standard InChI is InChI=1S/C41H48N4O2S/c1-4-43-19-8-9-28(25-43)18-20-44-21-22-45-37-24-30(41(46)47)12-13-32(37)38(29-10-6-5-7-11-29)40(45)33-15-17-35-31(39(33)44)14-16-36(42-35)34-23-26(2)48-27(34)3/h12-17,23-24,28-29H,4-11,18-22,25H2,1-3H3,(H,46,47). The molecule has 8 rings (SSSR count). The number of hydrogen-bond acceptors (Lipinski definition) is 5. The van der Waals surface area contributed by atoms with E-state index in [2.05, 4.69) is 71.5 Å². The van der Waals surface area contributed by atoms with Crippen LogP contribution in [-0.4, -0.2) is 58.3 Å². The molecule has 48 heavy (non-hydrogen) atoms. The number of rotatable bonds is 7. The van der Waals surface area contributed by atoms with Crippen molar-refractivity contribution in [3.05, 3.63) is 69.4 Å². The van der Waals surface area contributed by atoms with Crippen LogP contribution in [-0.2, 0) is 6.54 Å². The van der Waals surface area contributed by atoms with Gasteiger partial charge in [0.25, 0.3) is 0 Å². The number of fused-ring (bicyclic) bond motifs is 7. The van der Waals surface area contributed by atoms with Gasteiger partial charge in [-0.15, -0.1) is 11.3 Å². The lowest BCUT2D eigenvalue weighted by molar-refractivity contribution is 0.0697. The molecule has 1 aliphatic carbocycles. The number of carbonyl (C=O) groups is 1. The Bertz CT molecular complexity index is 2000. The number of likely N-dealkylation sites (tertiary alicyclic amines) is 1. The summed E-state index contributed by atoms with van der Waals surface area (Å²) in [7, 11) is 0. The van der Waals surface area contributed by atoms with Gasteiger partial charge in [0.15, 0.2) is 0 Å². The molecule has 2 aromatic carbocycles. The van der Waals surface area contributed by atoms with Gasteiger partial charge in [-0.25, -0.2) is 9.78 Å². The van der Waals surface area contributed by atoms with E-state index >= 15 is 0 Å². The quantitative estimate of drug-likeness (QED) is 0.188. The average molecular weight is 661 g/mol. The van der Waals surface area contributed by atoms with Gasteiger partial charge < -0.3 is 19.5 Å². The van der Waals surface area contributed by atoms with Gasteiger partial charge in [0.1, 0.15) is 0 Å². The van der Waals surface area contributed by atoms with Crippen molar-refractivity contribution in [2.45, 2.75) is 84.6 Å². The summed E-state index contributed by atoms with van der Waals surface area (Å²) in [6.07, 6.45) is 9.98. The molecule has 0 amide bonds. The van der Waals surface area contributed by atoms with Crippen molar-refractivity contribution in [3.63, 3.8) is 0 Å². The maximum Gasteiger partial charge on any atom is 0.335 e. The highest BCUT2D eigenvalue weighted by Gasteiger charge is 2.32. The SMILES string of the molecule is CCN1CCCC(CCN2CCn3c(c(C4CCCCC4)c4ccc(C(=O)O)cc43)-c3ccc4nc(-c5cc(C)sc5C)ccc4c32)C1. The summed E-state index contributed by atoms with van der Waals surface area (Å²) in [6.45, 7) is 13.0. The zero-order valence-electron chi connectivity index (χ0n) is 28.7. The topological polar surface area (TPSA) is 61.6 Å². The first kappa shape index (κ1) is 31.6. The number of benzene rings is 2. The van der Waals surface area contributed by atoms with E-state index in [1.165, 1.54) is 113 Å². The van der Waals surface area contributed by atoms with E-state index in [4.69, 9.17) is 4.98 Å². The Kier molecular flexibility index (Phi) is 8.54. The Morgan fingerprint density at radius 2 is 1.75 bits per heavy atom. The second-order valence-electron chi connectivity index (χ2n) is 14.5. The van der Waals surface area contributed by atoms with Gasteiger partial charge in [0.05, 0.1) is 28.2 Å². The van der Waals surface area contributed by atoms with Crippen LogP contribution in [0.2, 0.25) is 0 Å². The highest BCUT2D eigenvalue weighted by molar-refractivity contribution is 7.12. The number of anilines is 1. The molecule has 0 bridgehead atoms. The molecule has 5 heterocycles. The first-order valence-corrected chi connectivity index (χ1v) is 19.1. The molecule has 1 saturated heterocycles. The van der Waals surface area contributed by atoms with E-state index in [0.29, 0.717) is 17.4 Å². The highest BCUT2D eigenvalue weighted by Crippen LogP contribution is 2.49. The van der Waals surface area contributed by atoms with Crippen molar-refractivity contribution in [2.75, 3.05) is 37.6 Å². The number of piperidine rings is 1. The largest absolute Gasteiger partial charge is 0.478 e. The van der Waals surface area contributed by atoms with Crippen LogP contribution in [0.5, 0.6) is 0 Å². The van der Waals surface area contributed by atoms with Crippen LogP contribution < -0.4 is 4.90 Å². The Morgan fingerprint density at radius 1 is 0.917 bits per heavy atom. The first-order valence-electron chi connectivity index (χ1n) is 18.3. The number of thiophene rings is 1. The van der Waals surface area contributed by atoms with Crippen molar-refractivity contribution < 1.29 is 9.90 Å². The van der Waals surface area contributed by atoms with Gasteiger partial charge in [-0.05, 0) is 119 Å². The van der Waals surface area contributed by atoms with Crippen LogP contribution in [0.15, 0.2) is 48.5 Å². The van der Waals surface area contributed by atoms with Crippen LogP contribution in [0.3, 0.4) is 0 Å². The molecule has 3 aliphatic rings. The number of aryl methyl sites for hydroxylation is 2. The molecule has 2 fully saturated rings. The van der Waals surface area contributed by atoms with Gasteiger partial charge in [-0.2, -0.15) is 0 Å².